The van der Waals surface area contributed by atoms with E-state index >= 15 is 0 Å². The van der Waals surface area contributed by atoms with Crippen LogP contribution in [0.2, 0.25) is 0 Å². The molecule has 0 spiro atoms. The normalized spacial score (nSPS) is 14.2. The van der Waals surface area contributed by atoms with Gasteiger partial charge in [-0.1, -0.05) is 0 Å². The van der Waals surface area contributed by atoms with Gasteiger partial charge in [0.2, 0.25) is 0 Å². The average Bonchev–Trinajstić information content (AvgIpc) is 2.53. The summed E-state index contributed by atoms with van der Waals surface area (Å²) in [5.74, 6) is 0. The van der Waals surface area contributed by atoms with Gasteiger partial charge in [-0.15, -0.1) is 0 Å². The first-order chi connectivity index (χ1) is 7.03. The van der Waals surface area contributed by atoms with Crippen LogP contribution in [-0.4, -0.2) is 29.0 Å². The third kappa shape index (κ3) is 2.58. The monoisotopic (exact) mass is 211 g/mol. The maximum absolute atomic E-state index is 5.76. The second-order valence-electron chi connectivity index (χ2n) is 4.14. The van der Waals surface area contributed by atoms with Crippen molar-refractivity contribution in [3.05, 3.63) is 18.0 Å². The summed E-state index contributed by atoms with van der Waals surface area (Å²) < 4.78 is 7.63. The van der Waals surface area contributed by atoms with Crippen molar-refractivity contribution in [3.63, 3.8) is 0 Å². The van der Waals surface area contributed by atoms with Crippen molar-refractivity contribution < 1.29 is 4.74 Å². The van der Waals surface area contributed by atoms with E-state index in [0.29, 0.717) is 6.61 Å². The summed E-state index contributed by atoms with van der Waals surface area (Å²) in [6.45, 7) is 6.90. The highest BCUT2D eigenvalue weighted by molar-refractivity contribution is 5.11. The Hall–Kier alpha value is -0.870. The van der Waals surface area contributed by atoms with Crippen LogP contribution in [0.4, 0.5) is 0 Å². The number of hydrogen-bond acceptors (Lipinski definition) is 3. The van der Waals surface area contributed by atoms with Crippen molar-refractivity contribution >= 4 is 0 Å². The topological polar surface area (TPSA) is 39.1 Å². The second kappa shape index (κ2) is 4.77. The van der Waals surface area contributed by atoms with Crippen molar-refractivity contribution in [3.8, 4) is 0 Å². The number of aryl methyl sites for hydroxylation is 1. The van der Waals surface area contributed by atoms with Gasteiger partial charge in [0.15, 0.2) is 0 Å². The van der Waals surface area contributed by atoms with E-state index in [1.165, 1.54) is 0 Å². The molecule has 0 amide bonds. The highest BCUT2D eigenvalue weighted by Gasteiger charge is 2.31. The molecule has 0 radical (unpaired) electrons. The Balaban J connectivity index is 2.93. The van der Waals surface area contributed by atoms with Crippen molar-refractivity contribution in [2.75, 3.05) is 13.7 Å². The fraction of sp³-hybridized carbons (Fsp3) is 0.727. The number of aromatic nitrogens is 2. The molecule has 0 bridgehead atoms. The maximum atomic E-state index is 5.76. The number of nitrogens with one attached hydrogen (secondary N) is 1. The third-order valence-electron chi connectivity index (χ3n) is 2.65. The molecule has 86 valence electrons. The van der Waals surface area contributed by atoms with E-state index in [1.807, 2.05) is 38.0 Å². The number of hydrogen-bond donors (Lipinski definition) is 1. The first kappa shape index (κ1) is 12.2. The molecule has 1 aromatic heterocycles. The van der Waals surface area contributed by atoms with Crippen LogP contribution >= 0.6 is 0 Å². The summed E-state index contributed by atoms with van der Waals surface area (Å²) in [5.41, 5.74) is 0.896. The molecule has 0 aliphatic heterocycles. The summed E-state index contributed by atoms with van der Waals surface area (Å²) in [5, 5.41) is 7.46. The van der Waals surface area contributed by atoms with Gasteiger partial charge in [-0.2, -0.15) is 5.10 Å². The van der Waals surface area contributed by atoms with Gasteiger partial charge >= 0.3 is 0 Å². The molecule has 0 aromatic carbocycles. The minimum absolute atomic E-state index is 0.143. The lowest BCUT2D eigenvalue weighted by molar-refractivity contribution is -0.0392. The van der Waals surface area contributed by atoms with E-state index in [9.17, 15) is 0 Å². The summed E-state index contributed by atoms with van der Waals surface area (Å²) in [7, 11) is 3.89. The van der Waals surface area contributed by atoms with E-state index in [1.54, 1.807) is 0 Å². The summed E-state index contributed by atoms with van der Waals surface area (Å²) in [4.78, 5) is 0. The lowest BCUT2D eigenvalue weighted by Gasteiger charge is -2.33. The fourth-order valence-corrected chi connectivity index (χ4v) is 1.97. The molecule has 15 heavy (non-hydrogen) atoms. The SMILES string of the molecule is CCOC(C)(C)C(NC)c1ccnn1C. The molecule has 0 fully saturated rings. The zero-order chi connectivity index (χ0) is 11.5. The number of likely N-dealkylation sites (N-methyl/N-ethyl adjacent to an activating group) is 1. The highest BCUT2D eigenvalue weighted by Crippen LogP contribution is 2.27. The summed E-state index contributed by atoms with van der Waals surface area (Å²) >= 11 is 0. The molecule has 1 atom stereocenters. The Labute approximate surface area is 91.6 Å². The van der Waals surface area contributed by atoms with Crippen molar-refractivity contribution in [1.82, 2.24) is 15.1 Å². The maximum Gasteiger partial charge on any atom is 0.0835 e. The molecule has 1 unspecified atom stereocenters. The van der Waals surface area contributed by atoms with E-state index in [2.05, 4.69) is 24.3 Å². The molecule has 1 rings (SSSR count). The van der Waals surface area contributed by atoms with Crippen LogP contribution in [0.5, 0.6) is 0 Å². The molecular weight excluding hydrogens is 190 g/mol. The molecular formula is C11H21N3O. The fourth-order valence-electron chi connectivity index (χ4n) is 1.97. The largest absolute Gasteiger partial charge is 0.374 e. The standard InChI is InChI=1S/C11H21N3O/c1-6-15-11(2,3)10(12-4)9-7-8-13-14(9)5/h7-8,10,12H,6H2,1-5H3. The van der Waals surface area contributed by atoms with Gasteiger partial charge in [0, 0.05) is 19.9 Å². The van der Waals surface area contributed by atoms with E-state index < -0.39 is 0 Å². The summed E-state index contributed by atoms with van der Waals surface area (Å²) in [6.07, 6.45) is 1.81. The second-order valence-corrected chi connectivity index (χ2v) is 4.14. The van der Waals surface area contributed by atoms with Crippen molar-refractivity contribution in [1.29, 1.82) is 0 Å². The van der Waals surface area contributed by atoms with Gasteiger partial charge in [-0.25, -0.2) is 0 Å². The molecule has 1 heterocycles. The van der Waals surface area contributed by atoms with Crippen LogP contribution in [0.15, 0.2) is 12.3 Å². The predicted molar refractivity (Wildman–Crippen MR) is 60.7 cm³/mol. The van der Waals surface area contributed by atoms with Crippen molar-refractivity contribution in [2.45, 2.75) is 32.4 Å². The Morgan fingerprint density at radius 2 is 2.27 bits per heavy atom. The molecule has 4 heteroatoms. The van der Waals surface area contributed by atoms with Crippen LogP contribution in [0.1, 0.15) is 32.5 Å². The van der Waals surface area contributed by atoms with E-state index in [4.69, 9.17) is 4.74 Å². The van der Waals surface area contributed by atoms with Gasteiger partial charge in [0.1, 0.15) is 0 Å². The van der Waals surface area contributed by atoms with Gasteiger partial charge in [0.05, 0.1) is 17.3 Å². The molecule has 4 nitrogen and oxygen atoms in total. The Morgan fingerprint density at radius 3 is 2.67 bits per heavy atom. The molecule has 0 aliphatic carbocycles. The zero-order valence-corrected chi connectivity index (χ0v) is 10.2. The quantitative estimate of drug-likeness (QED) is 0.802. The summed E-state index contributed by atoms with van der Waals surface area (Å²) in [6, 6.07) is 2.16. The Kier molecular flexibility index (Phi) is 3.88. The first-order valence-corrected chi connectivity index (χ1v) is 5.32. The van der Waals surface area contributed by atoms with Gasteiger partial charge < -0.3 is 10.1 Å². The minimum atomic E-state index is -0.239. The minimum Gasteiger partial charge on any atom is -0.374 e. The molecule has 1 aromatic rings. The Bertz CT molecular complexity index is 307. The third-order valence-corrected chi connectivity index (χ3v) is 2.65. The number of rotatable bonds is 5. The Morgan fingerprint density at radius 1 is 1.60 bits per heavy atom. The first-order valence-electron chi connectivity index (χ1n) is 5.32. The molecule has 0 saturated heterocycles. The number of nitrogens with zero attached hydrogens (tertiary/aromatic N) is 2. The van der Waals surface area contributed by atoms with Gasteiger partial charge in [0.25, 0.3) is 0 Å². The van der Waals surface area contributed by atoms with Crippen molar-refractivity contribution in [2.24, 2.45) is 7.05 Å². The van der Waals surface area contributed by atoms with Gasteiger partial charge in [-0.3, -0.25) is 4.68 Å². The lowest BCUT2D eigenvalue weighted by atomic mass is 9.95. The predicted octanol–water partition coefficient (Wildman–Crippen LogP) is 1.50. The molecule has 0 aliphatic rings. The lowest BCUT2D eigenvalue weighted by Crippen LogP contribution is -2.41. The van der Waals surface area contributed by atoms with Crippen LogP contribution in [-0.2, 0) is 11.8 Å². The molecule has 0 saturated carbocycles. The van der Waals surface area contributed by atoms with Crippen LogP contribution in [0.3, 0.4) is 0 Å². The molecule has 1 N–H and O–H groups in total. The van der Waals surface area contributed by atoms with E-state index in [0.717, 1.165) is 5.69 Å². The van der Waals surface area contributed by atoms with Gasteiger partial charge in [-0.05, 0) is 33.9 Å². The van der Waals surface area contributed by atoms with E-state index in [-0.39, 0.29) is 11.6 Å². The number of ether oxygens (including phenoxy) is 1. The average molecular weight is 211 g/mol. The highest BCUT2D eigenvalue weighted by atomic mass is 16.5. The zero-order valence-electron chi connectivity index (χ0n) is 10.2. The smallest absolute Gasteiger partial charge is 0.0835 e. The van der Waals surface area contributed by atoms with Crippen LogP contribution in [0, 0.1) is 0 Å². The van der Waals surface area contributed by atoms with Crippen LogP contribution in [0.25, 0.3) is 0 Å². The van der Waals surface area contributed by atoms with Crippen LogP contribution < -0.4 is 5.32 Å².